The average molecular weight is 407 g/mol. The van der Waals surface area contributed by atoms with Crippen molar-refractivity contribution in [1.82, 2.24) is 15.2 Å². The van der Waals surface area contributed by atoms with Crippen LogP contribution in [0.4, 0.5) is 5.82 Å². The van der Waals surface area contributed by atoms with E-state index in [-0.39, 0.29) is 5.41 Å². The van der Waals surface area contributed by atoms with Crippen molar-refractivity contribution in [2.24, 2.45) is 5.10 Å². The molecule has 0 saturated carbocycles. The van der Waals surface area contributed by atoms with Crippen LogP contribution >= 0.6 is 0 Å². The van der Waals surface area contributed by atoms with Crippen molar-refractivity contribution < 1.29 is 9.47 Å². The molecule has 8 nitrogen and oxygen atoms in total. The van der Waals surface area contributed by atoms with Gasteiger partial charge in [-0.1, -0.05) is 51.1 Å². The largest absolute Gasteiger partial charge is 0.493 e. The molecule has 0 amide bonds. The van der Waals surface area contributed by atoms with E-state index in [0.717, 1.165) is 11.1 Å². The fraction of sp³-hybridized carbons (Fsp3) is 0.273. The molecule has 2 N–H and O–H groups in total. The summed E-state index contributed by atoms with van der Waals surface area (Å²) in [6, 6.07) is 15.4. The first-order valence-electron chi connectivity index (χ1n) is 9.48. The van der Waals surface area contributed by atoms with Crippen LogP contribution in [0.3, 0.4) is 0 Å². The number of rotatable bonds is 7. The van der Waals surface area contributed by atoms with Crippen LogP contribution in [0.5, 0.6) is 11.5 Å². The second-order valence-electron chi connectivity index (χ2n) is 7.64. The van der Waals surface area contributed by atoms with Gasteiger partial charge in [-0.15, -0.1) is 0 Å². The molecule has 0 spiro atoms. The van der Waals surface area contributed by atoms with Crippen molar-refractivity contribution in [3.8, 4) is 11.5 Å². The molecule has 0 atom stereocenters. The standard InChI is InChI=1S/C22H25N5O3/c1-22(2,3)19-20(24-21(28)27-25-19)26-23-13-16-10-11-17(18(12-16)29-4)30-14-15-8-6-5-7-9-15/h5-13H,14H2,1-4H3,(H2,24,26,27,28)/b23-13+. The van der Waals surface area contributed by atoms with Crippen LogP contribution < -0.4 is 20.6 Å². The summed E-state index contributed by atoms with van der Waals surface area (Å²) in [6.45, 7) is 6.37. The highest BCUT2D eigenvalue weighted by Crippen LogP contribution is 2.28. The number of benzene rings is 2. The van der Waals surface area contributed by atoms with E-state index in [1.807, 2.05) is 69.3 Å². The summed E-state index contributed by atoms with van der Waals surface area (Å²) in [5.41, 5.74) is 4.44. The molecule has 0 aliphatic rings. The first kappa shape index (κ1) is 21.0. The highest BCUT2D eigenvalue weighted by Gasteiger charge is 2.21. The zero-order valence-electron chi connectivity index (χ0n) is 17.5. The molecule has 0 bridgehead atoms. The summed E-state index contributed by atoms with van der Waals surface area (Å²) < 4.78 is 11.3. The Morgan fingerprint density at radius 3 is 2.60 bits per heavy atom. The maximum absolute atomic E-state index is 11.5. The van der Waals surface area contributed by atoms with E-state index in [1.54, 1.807) is 13.3 Å². The number of hydrogen-bond acceptors (Lipinski definition) is 7. The summed E-state index contributed by atoms with van der Waals surface area (Å²) >= 11 is 0. The van der Waals surface area contributed by atoms with Crippen molar-refractivity contribution in [2.75, 3.05) is 12.5 Å². The molecule has 0 fully saturated rings. The number of hydrazone groups is 1. The Balaban J connectivity index is 1.72. The van der Waals surface area contributed by atoms with Gasteiger partial charge in [-0.25, -0.2) is 9.89 Å². The van der Waals surface area contributed by atoms with Crippen LogP contribution in [-0.4, -0.2) is 28.5 Å². The first-order valence-corrected chi connectivity index (χ1v) is 9.48. The Hall–Kier alpha value is -3.68. The highest BCUT2D eigenvalue weighted by molar-refractivity contribution is 5.81. The van der Waals surface area contributed by atoms with Crippen molar-refractivity contribution in [2.45, 2.75) is 32.8 Å². The monoisotopic (exact) mass is 407 g/mol. The van der Waals surface area contributed by atoms with Gasteiger partial charge >= 0.3 is 5.69 Å². The minimum atomic E-state index is -0.540. The maximum Gasteiger partial charge on any atom is 0.363 e. The van der Waals surface area contributed by atoms with Crippen molar-refractivity contribution >= 4 is 12.0 Å². The van der Waals surface area contributed by atoms with Gasteiger partial charge in [-0.05, 0) is 29.3 Å². The third-order valence-electron chi connectivity index (χ3n) is 4.22. The van der Waals surface area contributed by atoms with Gasteiger partial charge in [0.25, 0.3) is 0 Å². The molecule has 0 aliphatic carbocycles. The van der Waals surface area contributed by atoms with Crippen LogP contribution in [0, 0.1) is 0 Å². The Bertz CT molecular complexity index is 1070. The maximum atomic E-state index is 11.5. The molecule has 30 heavy (non-hydrogen) atoms. The molecule has 2 aromatic carbocycles. The van der Waals surface area contributed by atoms with Crippen molar-refractivity contribution in [1.29, 1.82) is 0 Å². The van der Waals surface area contributed by atoms with Gasteiger partial charge in [0.2, 0.25) is 0 Å². The highest BCUT2D eigenvalue weighted by atomic mass is 16.5. The van der Waals surface area contributed by atoms with Crippen LogP contribution in [0.15, 0.2) is 58.4 Å². The van der Waals surface area contributed by atoms with Crippen LogP contribution in [0.2, 0.25) is 0 Å². The lowest BCUT2D eigenvalue weighted by atomic mass is 9.92. The number of anilines is 1. The molecular formula is C22H25N5O3. The molecule has 1 aromatic heterocycles. The van der Waals surface area contributed by atoms with Crippen molar-refractivity contribution in [3.05, 3.63) is 75.8 Å². The minimum Gasteiger partial charge on any atom is -0.493 e. The number of nitrogens with one attached hydrogen (secondary N) is 2. The van der Waals surface area contributed by atoms with Crippen molar-refractivity contribution in [3.63, 3.8) is 0 Å². The molecule has 3 aromatic rings. The van der Waals surface area contributed by atoms with E-state index in [4.69, 9.17) is 9.47 Å². The molecule has 0 radical (unpaired) electrons. The zero-order chi connectivity index (χ0) is 21.6. The minimum absolute atomic E-state index is 0.310. The second kappa shape index (κ2) is 9.21. The van der Waals surface area contributed by atoms with E-state index in [1.165, 1.54) is 0 Å². The molecule has 0 aliphatic heterocycles. The molecule has 0 unspecified atom stereocenters. The number of aromatic nitrogens is 3. The lowest BCUT2D eigenvalue weighted by Crippen LogP contribution is -2.24. The molecule has 156 valence electrons. The first-order chi connectivity index (χ1) is 14.4. The molecule has 8 heteroatoms. The fourth-order valence-electron chi connectivity index (χ4n) is 2.72. The smallest absolute Gasteiger partial charge is 0.363 e. The Labute approximate surface area is 175 Å². The fourth-order valence-corrected chi connectivity index (χ4v) is 2.72. The van der Waals surface area contributed by atoms with Gasteiger partial charge in [0.05, 0.1) is 13.3 Å². The van der Waals surface area contributed by atoms with E-state index < -0.39 is 5.69 Å². The predicted octanol–water partition coefficient (Wildman–Crippen LogP) is 3.50. The van der Waals surface area contributed by atoms with Crippen LogP contribution in [0.25, 0.3) is 0 Å². The van der Waals surface area contributed by atoms with E-state index in [2.05, 4.69) is 25.7 Å². The molecule has 0 saturated heterocycles. The number of aromatic amines is 1. The summed E-state index contributed by atoms with van der Waals surface area (Å²) in [7, 11) is 1.59. The van der Waals surface area contributed by atoms with Gasteiger partial charge in [0.1, 0.15) is 12.3 Å². The van der Waals surface area contributed by atoms with Crippen LogP contribution in [0.1, 0.15) is 37.6 Å². The summed E-state index contributed by atoms with van der Waals surface area (Å²) in [5, 5.41) is 10.6. The molecule has 3 rings (SSSR count). The number of hydrogen-bond donors (Lipinski definition) is 2. The third-order valence-corrected chi connectivity index (χ3v) is 4.22. The van der Waals surface area contributed by atoms with Gasteiger partial charge in [0, 0.05) is 5.41 Å². The normalized spacial score (nSPS) is 11.5. The number of methoxy groups -OCH3 is 1. The second-order valence-corrected chi connectivity index (χ2v) is 7.64. The van der Waals surface area contributed by atoms with E-state index in [9.17, 15) is 4.79 Å². The zero-order valence-corrected chi connectivity index (χ0v) is 17.5. The Kier molecular flexibility index (Phi) is 6.46. The summed E-state index contributed by atoms with van der Waals surface area (Å²) in [5.74, 6) is 1.56. The number of ether oxygens (including phenoxy) is 2. The topological polar surface area (TPSA) is 101 Å². The third kappa shape index (κ3) is 5.44. The Morgan fingerprint density at radius 2 is 1.90 bits per heavy atom. The van der Waals surface area contributed by atoms with Gasteiger partial charge in [-0.3, -0.25) is 5.43 Å². The lowest BCUT2D eigenvalue weighted by Gasteiger charge is -2.18. The van der Waals surface area contributed by atoms with E-state index in [0.29, 0.717) is 29.6 Å². The van der Waals surface area contributed by atoms with Crippen LogP contribution in [-0.2, 0) is 12.0 Å². The number of H-pyrrole nitrogens is 1. The van der Waals surface area contributed by atoms with Gasteiger partial charge < -0.3 is 9.47 Å². The SMILES string of the molecule is COc1cc(/C=N/Nc2nc(=O)[nH]nc2C(C)(C)C)ccc1OCc1ccccc1. The Morgan fingerprint density at radius 1 is 1.13 bits per heavy atom. The summed E-state index contributed by atoms with van der Waals surface area (Å²) in [4.78, 5) is 15.5. The van der Waals surface area contributed by atoms with Gasteiger partial charge in [-0.2, -0.15) is 15.2 Å². The predicted molar refractivity (Wildman–Crippen MR) is 116 cm³/mol. The van der Waals surface area contributed by atoms with E-state index >= 15 is 0 Å². The molecule has 1 heterocycles. The average Bonchev–Trinajstić information content (AvgIpc) is 2.72. The lowest BCUT2D eigenvalue weighted by molar-refractivity contribution is 0.284. The molecular weight excluding hydrogens is 382 g/mol. The van der Waals surface area contributed by atoms with Gasteiger partial charge in [0.15, 0.2) is 17.3 Å². The summed E-state index contributed by atoms with van der Waals surface area (Å²) in [6.07, 6.45) is 1.61. The number of nitrogens with zero attached hydrogens (tertiary/aromatic N) is 3. The quantitative estimate of drug-likeness (QED) is 0.459.